The molecule has 15 aromatic rings. The molecule has 0 bridgehead atoms. The van der Waals surface area contributed by atoms with Crippen molar-refractivity contribution in [3.8, 4) is 0 Å². The second-order valence-corrected chi connectivity index (χ2v) is 36.4. The van der Waals surface area contributed by atoms with Gasteiger partial charge in [0.1, 0.15) is 38.6 Å². The summed E-state index contributed by atoms with van der Waals surface area (Å²) in [4.78, 5) is 131. The van der Waals surface area contributed by atoms with E-state index in [1.807, 2.05) is 108 Å². The molecule has 6 atom stereocenters. The highest BCUT2D eigenvalue weighted by Gasteiger charge is 2.27. The number of fused-ring (bicyclic) bond motifs is 7. The number of aromatic nitrogens is 22. The van der Waals surface area contributed by atoms with Crippen molar-refractivity contribution in [3.05, 3.63) is 156 Å². The van der Waals surface area contributed by atoms with E-state index in [1.165, 1.54) is 0 Å². The van der Waals surface area contributed by atoms with Gasteiger partial charge in [-0.05, 0) is 196 Å². The first kappa shape index (κ1) is 116. The number of ketones is 3. The fraction of sp³-hybridized carbons (Fsp3) is 0.447. The normalized spacial score (nSPS) is 12.3. The summed E-state index contributed by atoms with van der Waals surface area (Å²) in [7, 11) is 0. The molecule has 148 heavy (non-hydrogen) atoms. The number of hydrogen-bond acceptors (Lipinski definition) is 44. The number of nitrogens with one attached hydrogen (secondary N) is 7. The van der Waals surface area contributed by atoms with E-state index in [1.54, 1.807) is 75.2 Å². The zero-order valence-corrected chi connectivity index (χ0v) is 87.3. The van der Waals surface area contributed by atoms with Crippen molar-refractivity contribution < 1.29 is 34.8 Å². The van der Waals surface area contributed by atoms with Crippen LogP contribution < -0.4 is 83.1 Å². The van der Waals surface area contributed by atoms with Crippen LogP contribution in [-0.4, -0.2) is 222 Å². The number of pyridine rings is 8. The Morgan fingerprint density at radius 3 is 1.02 bits per heavy atom. The molecular weight excluding hydrogens is 1900 g/mol. The fourth-order valence-electron chi connectivity index (χ4n) is 15.3. The molecule has 15 aromatic heterocycles. The van der Waals surface area contributed by atoms with Crippen LogP contribution in [0.3, 0.4) is 0 Å². The standard InChI is InChI=1S/C19H22N6O.C17H25N5O2.C15H22N6O.2C14H21N5O.C13H19N5O.C11H14ClN5/c1-2-6-14(16(26)10-9-13-7-3-4-11-21-13)23-18-17-15(8-5-12-22-17)24-19(20)25-18;1-4-6-11(13(23)8-9-17(2,3)24)20-15-14-12(7-5-10-19-14)21-16(18)22-15;1-2-5-10(12(22)7-3-8-16)19-14-13-11(6-4-9-18-13)20-15(17)21-14;2*1-3-4-5-10(8-20)17-13-12-11(18-14(15)19-13)7-6-9(2)16-12;1-3-4-9(7-19)16-12-11-10(17-13(14)18-12)6-5-8(2)15-11;1-2-3-4-14-10-9-8(16-11(13)17-10)5-7(12)6-15-9/h3-5,7-8,11-12,14H,2,6,9-10H2,1H3,(H3,20,23,24,25);5,7,10-11,24H,4,6,8-9H2,1-3H3,(H3,18,20,21,22);4,6,9-10H,2-3,5,7-8,16H2,1H3,(H3,17,19,20,21);2*6-7,10,20H,3-5,8H2,1-2H3,(H3,15,17,18,19);5-6,9,19H,3-4,7H2,1-2H3,(H3,14,16,17,18);5-6H,2-4H2,1H3,(H3,13,14,16,17)/t14-;11-;3*10-;9-;/m000101./s1. The van der Waals surface area contributed by atoms with Crippen molar-refractivity contribution in [2.24, 2.45) is 5.73 Å². The number of anilines is 14. The van der Waals surface area contributed by atoms with E-state index < -0.39 is 11.6 Å². The molecule has 0 unspecified atom stereocenters. The van der Waals surface area contributed by atoms with Crippen LogP contribution in [0.15, 0.2) is 128 Å². The topological polar surface area (TPSA) is 708 Å². The van der Waals surface area contributed by atoms with E-state index >= 15 is 0 Å². The molecule has 0 aliphatic heterocycles. The molecule has 790 valence electrons. The zero-order valence-electron chi connectivity index (χ0n) is 86.5. The van der Waals surface area contributed by atoms with Gasteiger partial charge in [-0.25, -0.2) is 54.8 Å². The van der Waals surface area contributed by atoms with Gasteiger partial charge in [-0.3, -0.25) is 34.3 Å². The molecule has 0 aromatic carbocycles. The lowest BCUT2D eigenvalue weighted by atomic mass is 9.96. The molecule has 0 saturated heterocycles. The number of nitrogens with two attached hydrogens (primary N) is 8. The lowest BCUT2D eigenvalue weighted by Gasteiger charge is -2.21. The summed E-state index contributed by atoms with van der Waals surface area (Å²) < 4.78 is 0. The predicted octanol–water partition coefficient (Wildman–Crippen LogP) is 14.3. The van der Waals surface area contributed by atoms with E-state index in [-0.39, 0.29) is 109 Å². The van der Waals surface area contributed by atoms with Crippen molar-refractivity contribution in [1.82, 2.24) is 110 Å². The highest BCUT2D eigenvalue weighted by atomic mass is 35.5. The molecule has 0 aliphatic carbocycles. The van der Waals surface area contributed by atoms with Crippen LogP contribution in [0.1, 0.15) is 220 Å². The van der Waals surface area contributed by atoms with Crippen LogP contribution in [0.2, 0.25) is 5.02 Å². The fourth-order valence-corrected chi connectivity index (χ4v) is 15.4. The van der Waals surface area contributed by atoms with Gasteiger partial charge in [0.15, 0.2) is 58.1 Å². The number of Topliss-reactive ketones (excluding diaryl/α,β-unsaturated/α-hetero) is 3. The summed E-state index contributed by atoms with van der Waals surface area (Å²) in [5.74, 6) is 5.48. The Kier molecular flexibility index (Phi) is 47.3. The highest BCUT2D eigenvalue weighted by Crippen LogP contribution is 2.30. The van der Waals surface area contributed by atoms with Crippen LogP contribution >= 0.6 is 11.6 Å². The van der Waals surface area contributed by atoms with Gasteiger partial charge in [-0.2, -0.15) is 34.9 Å². The molecule has 0 aliphatic rings. The largest absolute Gasteiger partial charge is 0.394 e. The molecule has 45 heteroatoms. The van der Waals surface area contributed by atoms with Crippen LogP contribution in [0.25, 0.3) is 77.2 Å². The maximum Gasteiger partial charge on any atom is 0.222 e. The number of hydrogen-bond donors (Lipinski definition) is 19. The summed E-state index contributed by atoms with van der Waals surface area (Å²) in [6, 6.07) is 28.3. The first-order valence-electron chi connectivity index (χ1n) is 50.3. The average molecular weight is 2050 g/mol. The van der Waals surface area contributed by atoms with Crippen LogP contribution in [-0.2, 0) is 20.8 Å². The average Bonchev–Trinajstić information content (AvgIpc) is 0.835. The maximum absolute atomic E-state index is 12.7. The smallest absolute Gasteiger partial charge is 0.222 e. The van der Waals surface area contributed by atoms with Gasteiger partial charge in [0.05, 0.1) is 105 Å². The molecule has 44 nitrogen and oxygen atoms in total. The number of rotatable bonds is 45. The maximum atomic E-state index is 12.7. The number of unbranched alkanes of at least 4 members (excludes halogenated alkanes) is 3. The summed E-state index contributed by atoms with van der Waals surface area (Å²) in [6.07, 6.45) is 25.9. The molecule has 0 fully saturated rings. The molecule has 0 amide bonds. The monoisotopic (exact) mass is 2050 g/mol. The summed E-state index contributed by atoms with van der Waals surface area (Å²) in [6.45, 7) is 25.2. The van der Waals surface area contributed by atoms with Crippen LogP contribution in [0.4, 0.5) is 82.4 Å². The number of halogens is 1. The first-order chi connectivity index (χ1) is 71.2. The second-order valence-electron chi connectivity index (χ2n) is 35.9. The highest BCUT2D eigenvalue weighted by molar-refractivity contribution is 6.31. The number of carbonyl (C=O) groups is 3. The van der Waals surface area contributed by atoms with Crippen LogP contribution in [0, 0.1) is 20.8 Å². The molecule has 27 N–H and O–H groups in total. The minimum absolute atomic E-state index is 0.0419. The number of carbonyl (C=O) groups excluding carboxylic acids is 3. The minimum Gasteiger partial charge on any atom is -0.394 e. The SMILES string of the molecule is CCCCNc1nc(N)nc2cc(Cl)cnc12.CCCC[C@@H](CO)Nc1nc(N)nc2ccc(C)nc12.CCCC[C@H](CO)Nc1nc(N)nc2ccc(C)nc12.CCC[C@H](CO)Nc1nc(N)nc2ccc(C)nc12.CCC[C@H](Nc1nc(N)nc2cccnc12)C(=O)CCC(C)(C)O.CCC[C@H](Nc1nc(N)nc2cccnc12)C(=O)CCCN.CCC[C@H](Nc1nc(N)nc2cccnc12)C(=O)CCc1ccccn1. The zero-order chi connectivity index (χ0) is 107. The third-order valence-corrected chi connectivity index (χ3v) is 23.0. The van der Waals surface area contributed by atoms with Gasteiger partial charge in [-0.15, -0.1) is 0 Å². The Labute approximate surface area is 866 Å². The van der Waals surface area contributed by atoms with Gasteiger partial charge >= 0.3 is 0 Å². The number of aliphatic hydroxyl groups excluding tert-OH is 3. The quantitative estimate of drug-likeness (QED) is 0.0158. The van der Waals surface area contributed by atoms with E-state index in [4.69, 9.17) is 57.5 Å². The molecule has 0 saturated carbocycles. The van der Waals surface area contributed by atoms with Gasteiger partial charge in [0.25, 0.3) is 0 Å². The van der Waals surface area contributed by atoms with E-state index in [0.717, 1.165) is 119 Å². The second kappa shape index (κ2) is 60.1. The van der Waals surface area contributed by atoms with E-state index in [0.29, 0.717) is 181 Å². The number of aliphatic hydroxyl groups is 4. The predicted molar refractivity (Wildman–Crippen MR) is 591 cm³/mol. The Bertz CT molecular complexity index is 6630. The van der Waals surface area contributed by atoms with Crippen molar-refractivity contribution >= 4 is 189 Å². The minimum atomic E-state index is -0.861. The van der Waals surface area contributed by atoms with Gasteiger partial charge in [0, 0.05) is 79.6 Å². The van der Waals surface area contributed by atoms with E-state index in [2.05, 4.69) is 175 Å². The van der Waals surface area contributed by atoms with Crippen molar-refractivity contribution in [1.29, 1.82) is 0 Å². The summed E-state index contributed by atoms with van der Waals surface area (Å²) in [5.41, 5.74) is 57.6. The molecule has 0 radical (unpaired) electrons. The Morgan fingerprint density at radius 2 is 0.676 bits per heavy atom. The first-order valence-corrected chi connectivity index (χ1v) is 50.6. The van der Waals surface area contributed by atoms with E-state index in [9.17, 15) is 34.8 Å². The number of nitrogen functional groups attached to an aromatic ring is 7. The Hall–Kier alpha value is -15.1. The Balaban J connectivity index is 0.000000193. The third-order valence-electron chi connectivity index (χ3n) is 22.8. The lowest BCUT2D eigenvalue weighted by Crippen LogP contribution is -2.32. The number of aryl methyl sites for hydroxylation is 4. The molecule has 15 heterocycles. The lowest BCUT2D eigenvalue weighted by molar-refractivity contribution is -0.121. The molecule has 15 rings (SSSR count). The summed E-state index contributed by atoms with van der Waals surface area (Å²) in [5, 5.41) is 61.1. The van der Waals surface area contributed by atoms with Crippen LogP contribution in [0.5, 0.6) is 0 Å². The van der Waals surface area contributed by atoms with Crippen molar-refractivity contribution in [3.63, 3.8) is 0 Å². The summed E-state index contributed by atoms with van der Waals surface area (Å²) >= 11 is 5.87. The van der Waals surface area contributed by atoms with Gasteiger partial charge in [0.2, 0.25) is 41.6 Å². The Morgan fingerprint density at radius 1 is 0.345 bits per heavy atom. The number of nitrogens with zero attached hydrogens (tertiary/aromatic N) is 22. The van der Waals surface area contributed by atoms with Gasteiger partial charge in [-0.1, -0.05) is 124 Å². The van der Waals surface area contributed by atoms with Crippen molar-refractivity contribution in [2.45, 2.75) is 266 Å². The van der Waals surface area contributed by atoms with Gasteiger partial charge < -0.3 is 104 Å². The van der Waals surface area contributed by atoms with Crippen molar-refractivity contribution in [2.75, 3.05) is 110 Å². The molecular formula is C103H144ClN37O7. The third kappa shape index (κ3) is 37.1. The molecule has 0 spiro atoms.